The molecule has 2 rings (SSSR count). The summed E-state index contributed by atoms with van der Waals surface area (Å²) in [4.78, 5) is 8.30. The molecule has 1 fully saturated rings. The van der Waals surface area contributed by atoms with Gasteiger partial charge in [0.25, 0.3) is 0 Å². The summed E-state index contributed by atoms with van der Waals surface area (Å²) >= 11 is 0. The first-order chi connectivity index (χ1) is 6.75. The largest absolute Gasteiger partial charge is 0.392 e. The van der Waals surface area contributed by atoms with Crippen molar-refractivity contribution < 1.29 is 5.11 Å². The fourth-order valence-corrected chi connectivity index (χ4v) is 1.32. The fourth-order valence-electron chi connectivity index (χ4n) is 1.32. The minimum atomic E-state index is -0.352. The number of hydrogen-bond donors (Lipinski definition) is 2. The topological polar surface area (TPSA) is 58.0 Å². The van der Waals surface area contributed by atoms with Crippen molar-refractivity contribution in [2.24, 2.45) is 0 Å². The average molecular weight is 193 g/mol. The van der Waals surface area contributed by atoms with E-state index < -0.39 is 0 Å². The van der Waals surface area contributed by atoms with Gasteiger partial charge in [0.05, 0.1) is 6.10 Å². The van der Waals surface area contributed by atoms with Crippen molar-refractivity contribution in [3.05, 3.63) is 18.1 Å². The molecule has 1 aromatic rings. The maximum atomic E-state index is 9.10. The third-order valence-electron chi connectivity index (χ3n) is 2.26. The highest BCUT2D eigenvalue weighted by molar-refractivity contribution is 5.36. The van der Waals surface area contributed by atoms with Crippen LogP contribution in [0.5, 0.6) is 0 Å². The van der Waals surface area contributed by atoms with Crippen LogP contribution in [0.2, 0.25) is 0 Å². The SMILES string of the molecule is CC(O)CNc1cc(C2CC2)ncn1. The maximum Gasteiger partial charge on any atom is 0.129 e. The smallest absolute Gasteiger partial charge is 0.129 e. The summed E-state index contributed by atoms with van der Waals surface area (Å²) in [7, 11) is 0. The highest BCUT2D eigenvalue weighted by Crippen LogP contribution is 2.39. The minimum absolute atomic E-state index is 0.352. The van der Waals surface area contributed by atoms with Gasteiger partial charge < -0.3 is 10.4 Å². The summed E-state index contributed by atoms with van der Waals surface area (Å²) in [5.41, 5.74) is 1.12. The van der Waals surface area contributed by atoms with E-state index in [1.807, 2.05) is 6.07 Å². The summed E-state index contributed by atoms with van der Waals surface area (Å²) in [6, 6.07) is 1.97. The zero-order valence-corrected chi connectivity index (χ0v) is 8.27. The van der Waals surface area contributed by atoms with Gasteiger partial charge in [0.15, 0.2) is 0 Å². The molecule has 1 aliphatic carbocycles. The monoisotopic (exact) mass is 193 g/mol. The summed E-state index contributed by atoms with van der Waals surface area (Å²) in [6.45, 7) is 2.27. The molecule has 1 saturated carbocycles. The van der Waals surface area contributed by atoms with E-state index in [0.717, 1.165) is 11.5 Å². The van der Waals surface area contributed by atoms with Crippen LogP contribution in [0.25, 0.3) is 0 Å². The zero-order valence-electron chi connectivity index (χ0n) is 8.27. The van der Waals surface area contributed by atoms with Crippen LogP contribution in [0.3, 0.4) is 0 Å². The van der Waals surface area contributed by atoms with E-state index in [1.165, 1.54) is 12.8 Å². The Morgan fingerprint density at radius 1 is 1.57 bits per heavy atom. The van der Waals surface area contributed by atoms with E-state index in [4.69, 9.17) is 5.11 Å². The second-order valence-electron chi connectivity index (χ2n) is 3.83. The summed E-state index contributed by atoms with van der Waals surface area (Å²) in [5.74, 6) is 1.45. The van der Waals surface area contributed by atoms with Crippen LogP contribution >= 0.6 is 0 Å². The minimum Gasteiger partial charge on any atom is -0.392 e. The molecule has 0 spiro atoms. The van der Waals surface area contributed by atoms with Crippen LogP contribution in [0.15, 0.2) is 12.4 Å². The summed E-state index contributed by atoms with van der Waals surface area (Å²) in [6.07, 6.45) is 3.71. The molecule has 1 atom stereocenters. The van der Waals surface area contributed by atoms with E-state index in [2.05, 4.69) is 15.3 Å². The Kier molecular flexibility index (Phi) is 2.63. The molecular weight excluding hydrogens is 178 g/mol. The molecule has 0 aliphatic heterocycles. The third-order valence-corrected chi connectivity index (χ3v) is 2.26. The molecule has 0 saturated heterocycles. The van der Waals surface area contributed by atoms with Gasteiger partial charge in [-0.3, -0.25) is 0 Å². The number of anilines is 1. The number of aliphatic hydroxyl groups is 1. The van der Waals surface area contributed by atoms with Crippen molar-refractivity contribution in [3.8, 4) is 0 Å². The second-order valence-corrected chi connectivity index (χ2v) is 3.83. The molecule has 0 amide bonds. The van der Waals surface area contributed by atoms with E-state index in [9.17, 15) is 0 Å². The average Bonchev–Trinajstić information content (AvgIpc) is 2.98. The molecule has 1 aromatic heterocycles. The van der Waals surface area contributed by atoms with Crippen LogP contribution in [-0.4, -0.2) is 27.7 Å². The Balaban J connectivity index is 1.99. The highest BCUT2D eigenvalue weighted by Gasteiger charge is 2.25. The number of nitrogens with one attached hydrogen (secondary N) is 1. The van der Waals surface area contributed by atoms with E-state index in [0.29, 0.717) is 12.5 Å². The molecule has 1 aliphatic rings. The number of aromatic nitrogens is 2. The molecule has 1 unspecified atom stereocenters. The van der Waals surface area contributed by atoms with Crippen LogP contribution in [0, 0.1) is 0 Å². The van der Waals surface area contributed by atoms with Crippen molar-refractivity contribution in [2.45, 2.75) is 31.8 Å². The van der Waals surface area contributed by atoms with Crippen LogP contribution in [0.4, 0.5) is 5.82 Å². The van der Waals surface area contributed by atoms with Gasteiger partial charge in [0, 0.05) is 24.2 Å². The van der Waals surface area contributed by atoms with Gasteiger partial charge in [-0.2, -0.15) is 0 Å². The maximum absolute atomic E-state index is 9.10. The first-order valence-electron chi connectivity index (χ1n) is 4.99. The molecule has 14 heavy (non-hydrogen) atoms. The van der Waals surface area contributed by atoms with Gasteiger partial charge in [-0.15, -0.1) is 0 Å². The lowest BCUT2D eigenvalue weighted by molar-refractivity contribution is 0.208. The second kappa shape index (κ2) is 3.92. The Morgan fingerprint density at radius 2 is 2.36 bits per heavy atom. The lowest BCUT2D eigenvalue weighted by atomic mass is 10.3. The van der Waals surface area contributed by atoms with Crippen molar-refractivity contribution in [1.29, 1.82) is 0 Å². The van der Waals surface area contributed by atoms with E-state index in [-0.39, 0.29) is 6.10 Å². The Bertz CT molecular complexity index is 310. The lowest BCUT2D eigenvalue weighted by Gasteiger charge is -2.07. The Hall–Kier alpha value is -1.16. The quantitative estimate of drug-likeness (QED) is 0.753. The first kappa shape index (κ1) is 9.40. The lowest BCUT2D eigenvalue weighted by Crippen LogP contribution is -2.16. The van der Waals surface area contributed by atoms with Gasteiger partial charge in [-0.1, -0.05) is 0 Å². The Labute approximate surface area is 83.4 Å². The molecule has 4 nitrogen and oxygen atoms in total. The van der Waals surface area contributed by atoms with Gasteiger partial charge in [0.1, 0.15) is 12.1 Å². The van der Waals surface area contributed by atoms with Crippen molar-refractivity contribution in [3.63, 3.8) is 0 Å². The highest BCUT2D eigenvalue weighted by atomic mass is 16.3. The van der Waals surface area contributed by atoms with Gasteiger partial charge >= 0.3 is 0 Å². The predicted molar refractivity (Wildman–Crippen MR) is 54.2 cm³/mol. The van der Waals surface area contributed by atoms with Crippen molar-refractivity contribution >= 4 is 5.82 Å². The first-order valence-corrected chi connectivity index (χ1v) is 4.99. The molecule has 0 radical (unpaired) electrons. The van der Waals surface area contributed by atoms with Crippen LogP contribution in [0.1, 0.15) is 31.4 Å². The summed E-state index contributed by atoms with van der Waals surface area (Å²) in [5, 5.41) is 12.2. The van der Waals surface area contributed by atoms with Crippen LogP contribution in [-0.2, 0) is 0 Å². The normalized spacial score (nSPS) is 17.9. The molecule has 0 bridgehead atoms. The molecule has 0 aromatic carbocycles. The van der Waals surface area contributed by atoms with Gasteiger partial charge in [-0.05, 0) is 19.8 Å². The molecule has 2 N–H and O–H groups in total. The number of aliphatic hydroxyl groups excluding tert-OH is 1. The summed E-state index contributed by atoms with van der Waals surface area (Å²) < 4.78 is 0. The van der Waals surface area contributed by atoms with Gasteiger partial charge in [-0.25, -0.2) is 9.97 Å². The van der Waals surface area contributed by atoms with Crippen molar-refractivity contribution in [1.82, 2.24) is 9.97 Å². The van der Waals surface area contributed by atoms with Gasteiger partial charge in [0.2, 0.25) is 0 Å². The number of hydrogen-bond acceptors (Lipinski definition) is 4. The van der Waals surface area contributed by atoms with E-state index >= 15 is 0 Å². The number of rotatable bonds is 4. The van der Waals surface area contributed by atoms with E-state index in [1.54, 1.807) is 13.3 Å². The standard InChI is InChI=1S/C10H15N3O/c1-7(14)5-11-10-4-9(8-2-3-8)12-6-13-10/h4,6-8,14H,2-3,5H2,1H3,(H,11,12,13). The molecular formula is C10H15N3O. The fraction of sp³-hybridized carbons (Fsp3) is 0.600. The van der Waals surface area contributed by atoms with Crippen LogP contribution < -0.4 is 5.32 Å². The molecule has 76 valence electrons. The molecule has 4 heteroatoms. The number of nitrogens with zero attached hydrogens (tertiary/aromatic N) is 2. The zero-order chi connectivity index (χ0) is 9.97. The Morgan fingerprint density at radius 3 is 3.00 bits per heavy atom. The van der Waals surface area contributed by atoms with Crippen molar-refractivity contribution in [2.75, 3.05) is 11.9 Å². The third kappa shape index (κ3) is 2.42. The predicted octanol–water partition coefficient (Wildman–Crippen LogP) is 1.15. The molecule has 1 heterocycles.